The largest absolute Gasteiger partial charge is 0.465 e. The molecule has 6 nitrogen and oxygen atoms in total. The van der Waals surface area contributed by atoms with Gasteiger partial charge >= 0.3 is 5.97 Å². The highest BCUT2D eigenvalue weighted by Crippen LogP contribution is 2.34. The lowest BCUT2D eigenvalue weighted by molar-refractivity contribution is -0.140. The number of Topliss-reactive ketones (excluding diaryl/α,β-unsaturated/α-hetero) is 1. The molecule has 0 spiro atoms. The number of hydrogen-bond donors (Lipinski definition) is 0. The van der Waals surface area contributed by atoms with E-state index in [1.54, 1.807) is 6.92 Å². The van der Waals surface area contributed by atoms with Crippen LogP contribution in [-0.2, 0) is 24.3 Å². The van der Waals surface area contributed by atoms with Gasteiger partial charge in [-0.25, -0.2) is 8.42 Å². The topological polar surface area (TPSA) is 80.8 Å². The second-order valence-electron chi connectivity index (χ2n) is 5.70. The fraction of sp³-hybridized carbons (Fsp3) is 0.857. The van der Waals surface area contributed by atoms with Crippen LogP contribution in [0.15, 0.2) is 0 Å². The van der Waals surface area contributed by atoms with Crippen LogP contribution in [0.5, 0.6) is 0 Å². The van der Waals surface area contributed by atoms with Gasteiger partial charge in [0, 0.05) is 24.9 Å². The normalized spacial score (nSPS) is 27.8. The number of rotatable bonds is 5. The van der Waals surface area contributed by atoms with E-state index in [0.717, 1.165) is 25.7 Å². The molecule has 1 saturated carbocycles. The molecular weight excluding hydrogens is 294 g/mol. The van der Waals surface area contributed by atoms with Gasteiger partial charge < -0.3 is 4.74 Å². The maximum Gasteiger partial charge on any atom is 0.322 e. The van der Waals surface area contributed by atoms with Gasteiger partial charge in [-0.05, 0) is 32.6 Å². The molecule has 0 aromatic rings. The van der Waals surface area contributed by atoms with E-state index < -0.39 is 21.7 Å². The minimum atomic E-state index is -3.71. The fourth-order valence-corrected chi connectivity index (χ4v) is 4.98. The second-order valence-corrected chi connectivity index (χ2v) is 7.62. The van der Waals surface area contributed by atoms with Gasteiger partial charge in [-0.1, -0.05) is 6.42 Å². The summed E-state index contributed by atoms with van der Waals surface area (Å²) < 4.78 is 31.0. The Morgan fingerprint density at radius 2 is 2.05 bits per heavy atom. The van der Waals surface area contributed by atoms with Crippen LogP contribution in [0.2, 0.25) is 0 Å². The summed E-state index contributed by atoms with van der Waals surface area (Å²) in [5, 5.41) is 0. The smallest absolute Gasteiger partial charge is 0.322 e. The van der Waals surface area contributed by atoms with Crippen LogP contribution in [0, 0.1) is 5.92 Å². The van der Waals surface area contributed by atoms with E-state index in [2.05, 4.69) is 0 Å². The van der Waals surface area contributed by atoms with E-state index in [1.165, 1.54) is 4.31 Å². The van der Waals surface area contributed by atoms with Crippen molar-refractivity contribution in [1.82, 2.24) is 4.31 Å². The van der Waals surface area contributed by atoms with Crippen molar-refractivity contribution < 1.29 is 22.7 Å². The Kier molecular flexibility index (Phi) is 5.37. The van der Waals surface area contributed by atoms with Crippen molar-refractivity contribution in [1.29, 1.82) is 0 Å². The monoisotopic (exact) mass is 317 g/mol. The lowest BCUT2D eigenvalue weighted by Crippen LogP contribution is -2.50. The molecule has 7 heteroatoms. The number of carbonyl (C=O) groups is 2. The molecule has 0 amide bonds. The van der Waals surface area contributed by atoms with E-state index in [1.807, 2.05) is 0 Å². The minimum Gasteiger partial charge on any atom is -0.465 e. The van der Waals surface area contributed by atoms with Crippen molar-refractivity contribution in [3.8, 4) is 0 Å². The zero-order chi connectivity index (χ0) is 15.5. The van der Waals surface area contributed by atoms with Crippen LogP contribution in [0.4, 0.5) is 0 Å². The number of hydrogen-bond acceptors (Lipinski definition) is 5. The van der Waals surface area contributed by atoms with Gasteiger partial charge in [0.05, 0.1) is 6.61 Å². The third-order valence-electron chi connectivity index (χ3n) is 4.28. The van der Waals surface area contributed by atoms with Crippen molar-refractivity contribution in [3.63, 3.8) is 0 Å². The molecule has 120 valence electrons. The van der Waals surface area contributed by atoms with E-state index in [9.17, 15) is 18.0 Å². The van der Waals surface area contributed by atoms with E-state index in [4.69, 9.17) is 4.74 Å². The highest BCUT2D eigenvalue weighted by molar-refractivity contribution is 7.89. The predicted molar refractivity (Wildman–Crippen MR) is 77.1 cm³/mol. The van der Waals surface area contributed by atoms with Gasteiger partial charge in [0.2, 0.25) is 10.0 Å². The summed E-state index contributed by atoms with van der Waals surface area (Å²) in [5.41, 5.74) is 0. The Balaban J connectivity index is 2.14. The lowest BCUT2D eigenvalue weighted by atomic mass is 9.90. The van der Waals surface area contributed by atoms with Crippen molar-refractivity contribution >= 4 is 21.8 Å². The molecule has 0 aromatic carbocycles. The summed E-state index contributed by atoms with van der Waals surface area (Å²) in [7, 11) is -3.71. The van der Waals surface area contributed by atoms with Gasteiger partial charge in [0.15, 0.2) is 5.75 Å². The van der Waals surface area contributed by atoms with Crippen molar-refractivity contribution in [2.24, 2.45) is 5.92 Å². The molecule has 2 fully saturated rings. The third kappa shape index (κ3) is 3.83. The van der Waals surface area contributed by atoms with E-state index in [-0.39, 0.29) is 24.3 Å². The Morgan fingerprint density at radius 1 is 1.29 bits per heavy atom. The van der Waals surface area contributed by atoms with Gasteiger partial charge in [-0.2, -0.15) is 4.31 Å². The Labute approximate surface area is 125 Å². The van der Waals surface area contributed by atoms with Crippen molar-refractivity contribution in [2.75, 3.05) is 18.9 Å². The summed E-state index contributed by atoms with van der Waals surface area (Å²) >= 11 is 0. The SMILES string of the molecule is CCOC(=O)CS(=O)(=O)N1CCCCC1C1CCCC1=O. The summed E-state index contributed by atoms with van der Waals surface area (Å²) in [6.07, 6.45) is 4.56. The highest BCUT2D eigenvalue weighted by Gasteiger charge is 2.42. The minimum absolute atomic E-state index is 0.165. The molecule has 2 aliphatic rings. The molecule has 21 heavy (non-hydrogen) atoms. The maximum absolute atomic E-state index is 12.5. The summed E-state index contributed by atoms with van der Waals surface area (Å²) in [6, 6.07) is -0.270. The molecule has 1 heterocycles. The number of nitrogens with zero attached hydrogens (tertiary/aromatic N) is 1. The van der Waals surface area contributed by atoms with Crippen LogP contribution < -0.4 is 0 Å². The fourth-order valence-electron chi connectivity index (χ4n) is 3.36. The second kappa shape index (κ2) is 6.87. The number of esters is 1. The zero-order valence-corrected chi connectivity index (χ0v) is 13.2. The summed E-state index contributed by atoms with van der Waals surface area (Å²) in [4.78, 5) is 23.5. The highest BCUT2D eigenvalue weighted by atomic mass is 32.2. The first kappa shape index (κ1) is 16.4. The molecule has 0 N–H and O–H groups in total. The van der Waals surface area contributed by atoms with E-state index >= 15 is 0 Å². The Morgan fingerprint density at radius 3 is 2.67 bits per heavy atom. The van der Waals surface area contributed by atoms with Gasteiger partial charge in [-0.3, -0.25) is 9.59 Å². The lowest BCUT2D eigenvalue weighted by Gasteiger charge is -2.37. The third-order valence-corrected chi connectivity index (χ3v) is 6.05. The number of ether oxygens (including phenoxy) is 1. The maximum atomic E-state index is 12.5. The molecule has 2 unspecified atom stereocenters. The van der Waals surface area contributed by atoms with Crippen LogP contribution in [0.1, 0.15) is 45.4 Å². The van der Waals surface area contributed by atoms with Crippen LogP contribution in [0.25, 0.3) is 0 Å². The number of piperidine rings is 1. The standard InChI is InChI=1S/C14H23NO5S/c1-2-20-14(17)10-21(18,19)15-9-4-3-7-12(15)11-6-5-8-13(11)16/h11-12H,2-10H2,1H3. The molecule has 1 aliphatic heterocycles. The van der Waals surface area contributed by atoms with Gasteiger partial charge in [-0.15, -0.1) is 0 Å². The first-order valence-corrected chi connectivity index (χ1v) is 9.24. The quantitative estimate of drug-likeness (QED) is 0.709. The summed E-state index contributed by atoms with van der Waals surface area (Å²) in [5.74, 6) is -1.38. The first-order chi connectivity index (χ1) is 9.95. The average molecular weight is 317 g/mol. The van der Waals surface area contributed by atoms with E-state index in [0.29, 0.717) is 19.4 Å². The molecule has 0 aromatic heterocycles. The molecular formula is C14H23NO5S. The molecule has 1 saturated heterocycles. The molecule has 2 atom stereocenters. The molecule has 0 radical (unpaired) electrons. The zero-order valence-electron chi connectivity index (χ0n) is 12.4. The predicted octanol–water partition coefficient (Wildman–Crippen LogP) is 1.10. The number of carbonyl (C=O) groups excluding carboxylic acids is 2. The molecule has 1 aliphatic carbocycles. The van der Waals surface area contributed by atoms with Crippen LogP contribution in [-0.4, -0.2) is 49.4 Å². The summed E-state index contributed by atoms with van der Waals surface area (Å²) in [6.45, 7) is 2.21. The van der Waals surface area contributed by atoms with Gasteiger partial charge in [0.25, 0.3) is 0 Å². The average Bonchev–Trinajstić information content (AvgIpc) is 2.84. The van der Waals surface area contributed by atoms with Crippen molar-refractivity contribution in [3.05, 3.63) is 0 Å². The number of ketones is 1. The van der Waals surface area contributed by atoms with Crippen LogP contribution >= 0.6 is 0 Å². The van der Waals surface area contributed by atoms with Crippen LogP contribution in [0.3, 0.4) is 0 Å². The van der Waals surface area contributed by atoms with Crippen molar-refractivity contribution in [2.45, 2.75) is 51.5 Å². The molecule has 2 rings (SSSR count). The number of sulfonamides is 1. The Hall–Kier alpha value is -0.950. The van der Waals surface area contributed by atoms with Gasteiger partial charge in [0.1, 0.15) is 5.78 Å². The molecule has 0 bridgehead atoms. The Bertz CT molecular complexity index is 501. The first-order valence-electron chi connectivity index (χ1n) is 7.63.